The normalized spacial score (nSPS) is 14.8. The molecule has 0 amide bonds. The van der Waals surface area contributed by atoms with Crippen LogP contribution < -0.4 is 4.74 Å². The van der Waals surface area contributed by atoms with Crippen molar-refractivity contribution in [2.75, 3.05) is 7.11 Å². The van der Waals surface area contributed by atoms with Gasteiger partial charge >= 0.3 is 5.97 Å². The molecule has 1 aliphatic heterocycles. The summed E-state index contributed by atoms with van der Waals surface area (Å²) in [6.45, 7) is 0. The van der Waals surface area contributed by atoms with Gasteiger partial charge in [0.2, 0.25) is 0 Å². The van der Waals surface area contributed by atoms with Gasteiger partial charge in [-0.05, 0) is 74.3 Å². The minimum absolute atomic E-state index is 0.336. The first-order chi connectivity index (χ1) is 16.2. The molecule has 3 heteroatoms. The van der Waals surface area contributed by atoms with Crippen molar-refractivity contribution in [1.82, 2.24) is 0 Å². The molecule has 0 unspecified atom stereocenters. The Morgan fingerprint density at radius 1 is 0.727 bits per heavy atom. The summed E-state index contributed by atoms with van der Waals surface area (Å²) in [5, 5.41) is 6.63. The maximum Gasteiger partial charge on any atom is 0.343 e. The highest BCUT2D eigenvalue weighted by molar-refractivity contribution is 6.12. The lowest BCUT2D eigenvalue weighted by molar-refractivity contribution is -0.130. The molecule has 0 bridgehead atoms. The van der Waals surface area contributed by atoms with Crippen molar-refractivity contribution < 1.29 is 14.3 Å². The van der Waals surface area contributed by atoms with Gasteiger partial charge in [-0.15, -0.1) is 0 Å². The lowest BCUT2D eigenvalue weighted by Gasteiger charge is -2.08. The zero-order valence-electron chi connectivity index (χ0n) is 18.0. The molecular weight excluding hydrogens is 408 g/mol. The van der Waals surface area contributed by atoms with Crippen molar-refractivity contribution in [2.24, 2.45) is 0 Å². The molecule has 0 aliphatic carbocycles. The molecule has 6 rings (SSSR count). The molecule has 0 atom stereocenters. The highest BCUT2D eigenvalue weighted by Gasteiger charge is 2.23. The van der Waals surface area contributed by atoms with Crippen LogP contribution in [0.25, 0.3) is 44.2 Å². The van der Waals surface area contributed by atoms with Crippen LogP contribution in [0.2, 0.25) is 0 Å². The second-order valence-electron chi connectivity index (χ2n) is 8.16. The summed E-state index contributed by atoms with van der Waals surface area (Å²) in [4.78, 5) is 12.8. The maximum atomic E-state index is 12.8. The Morgan fingerprint density at radius 3 is 2.12 bits per heavy atom. The minimum Gasteiger partial charge on any atom is -0.497 e. The molecule has 0 aromatic heterocycles. The van der Waals surface area contributed by atoms with Crippen LogP contribution in [-0.4, -0.2) is 13.1 Å². The summed E-state index contributed by atoms with van der Waals surface area (Å²) in [5.41, 5.74) is 2.44. The standard InChI is InChI=1S/C30H20O3/c1-32-25-13-12-19-14-23(11-10-20(19)16-25)29-18-24(30(31)33-29)17-28-26-8-4-2-6-21(26)15-22-7-3-5-9-27(22)28/h2-18H,1H3/b24-17+. The number of rotatable bonds is 3. The Morgan fingerprint density at radius 2 is 1.39 bits per heavy atom. The van der Waals surface area contributed by atoms with Crippen molar-refractivity contribution in [3.8, 4) is 5.75 Å². The second-order valence-corrected chi connectivity index (χ2v) is 8.16. The van der Waals surface area contributed by atoms with E-state index in [0.29, 0.717) is 11.3 Å². The van der Waals surface area contributed by atoms with Crippen LogP contribution in [0.4, 0.5) is 0 Å². The number of carbonyl (C=O) groups is 1. The average molecular weight is 428 g/mol. The van der Waals surface area contributed by atoms with Gasteiger partial charge in [-0.2, -0.15) is 0 Å². The van der Waals surface area contributed by atoms with Gasteiger partial charge in [0, 0.05) is 5.56 Å². The van der Waals surface area contributed by atoms with E-state index in [-0.39, 0.29) is 5.97 Å². The van der Waals surface area contributed by atoms with Crippen LogP contribution in [0.3, 0.4) is 0 Å². The zero-order valence-corrected chi connectivity index (χ0v) is 18.0. The molecule has 0 radical (unpaired) electrons. The monoisotopic (exact) mass is 428 g/mol. The molecule has 3 nitrogen and oxygen atoms in total. The largest absolute Gasteiger partial charge is 0.497 e. The Hall–Kier alpha value is -4.37. The van der Waals surface area contributed by atoms with E-state index in [1.165, 1.54) is 0 Å². The third-order valence-corrected chi connectivity index (χ3v) is 6.17. The molecule has 0 saturated heterocycles. The molecule has 33 heavy (non-hydrogen) atoms. The van der Waals surface area contributed by atoms with Gasteiger partial charge in [-0.25, -0.2) is 4.79 Å². The van der Waals surface area contributed by atoms with Crippen molar-refractivity contribution >= 4 is 50.1 Å². The summed E-state index contributed by atoms with van der Waals surface area (Å²) in [6, 6.07) is 30.6. The van der Waals surface area contributed by atoms with Gasteiger partial charge in [0.15, 0.2) is 0 Å². The molecule has 0 N–H and O–H groups in total. The highest BCUT2D eigenvalue weighted by atomic mass is 16.5. The summed E-state index contributed by atoms with van der Waals surface area (Å²) >= 11 is 0. The van der Waals surface area contributed by atoms with Crippen LogP contribution in [0.1, 0.15) is 11.1 Å². The first kappa shape index (κ1) is 19.3. The van der Waals surface area contributed by atoms with E-state index in [2.05, 4.69) is 30.3 Å². The lowest BCUT2D eigenvalue weighted by Crippen LogP contribution is -1.97. The molecule has 0 spiro atoms. The number of esters is 1. The smallest absolute Gasteiger partial charge is 0.343 e. The first-order valence-corrected chi connectivity index (χ1v) is 10.8. The molecule has 1 aliphatic rings. The second kappa shape index (κ2) is 7.64. The van der Waals surface area contributed by atoms with Gasteiger partial charge in [-0.1, -0.05) is 66.7 Å². The minimum atomic E-state index is -0.336. The van der Waals surface area contributed by atoms with E-state index in [1.54, 1.807) is 7.11 Å². The molecule has 0 saturated carbocycles. The number of benzene rings is 5. The molecule has 158 valence electrons. The molecule has 5 aromatic rings. The number of ether oxygens (including phenoxy) is 2. The number of fused-ring (bicyclic) bond motifs is 3. The maximum absolute atomic E-state index is 12.8. The van der Waals surface area contributed by atoms with Crippen LogP contribution in [-0.2, 0) is 9.53 Å². The number of methoxy groups -OCH3 is 1. The zero-order chi connectivity index (χ0) is 22.4. The van der Waals surface area contributed by atoms with Gasteiger partial charge in [-0.3, -0.25) is 0 Å². The average Bonchev–Trinajstić information content (AvgIpc) is 3.23. The summed E-state index contributed by atoms with van der Waals surface area (Å²) in [6.07, 6.45) is 3.79. The van der Waals surface area contributed by atoms with Gasteiger partial charge < -0.3 is 9.47 Å². The third kappa shape index (κ3) is 3.35. The Kier molecular flexibility index (Phi) is 4.48. The third-order valence-electron chi connectivity index (χ3n) is 6.17. The topological polar surface area (TPSA) is 35.5 Å². The van der Waals surface area contributed by atoms with Crippen LogP contribution >= 0.6 is 0 Å². The van der Waals surface area contributed by atoms with E-state index in [1.807, 2.05) is 72.8 Å². The Labute approximate surface area is 191 Å². The highest BCUT2D eigenvalue weighted by Crippen LogP contribution is 2.34. The van der Waals surface area contributed by atoms with Gasteiger partial charge in [0.05, 0.1) is 12.7 Å². The van der Waals surface area contributed by atoms with Gasteiger partial charge in [0.25, 0.3) is 0 Å². The number of hydrogen-bond donors (Lipinski definition) is 0. The Balaban J connectivity index is 1.48. The summed E-state index contributed by atoms with van der Waals surface area (Å²) in [7, 11) is 1.66. The van der Waals surface area contributed by atoms with Crippen molar-refractivity contribution in [1.29, 1.82) is 0 Å². The van der Waals surface area contributed by atoms with Crippen molar-refractivity contribution in [3.05, 3.63) is 114 Å². The van der Waals surface area contributed by atoms with E-state index in [0.717, 1.165) is 49.2 Å². The van der Waals surface area contributed by atoms with Crippen LogP contribution in [0, 0.1) is 0 Å². The predicted octanol–water partition coefficient (Wildman–Crippen LogP) is 7.14. The number of cyclic esters (lactones) is 1. The van der Waals surface area contributed by atoms with E-state index in [4.69, 9.17) is 9.47 Å². The SMILES string of the molecule is COc1ccc2cc(C3=C/C(=C\c4c5ccccc5cc5ccccc45)C(=O)O3)ccc2c1. The quantitative estimate of drug-likeness (QED) is 0.174. The van der Waals surface area contributed by atoms with Crippen LogP contribution in [0.15, 0.2) is 103 Å². The first-order valence-electron chi connectivity index (χ1n) is 10.8. The molecule has 0 fully saturated rings. The van der Waals surface area contributed by atoms with Crippen molar-refractivity contribution in [2.45, 2.75) is 0 Å². The van der Waals surface area contributed by atoms with E-state index in [9.17, 15) is 4.79 Å². The fourth-order valence-electron chi connectivity index (χ4n) is 4.50. The van der Waals surface area contributed by atoms with Crippen molar-refractivity contribution in [3.63, 3.8) is 0 Å². The number of carbonyl (C=O) groups excluding carboxylic acids is 1. The number of hydrogen-bond acceptors (Lipinski definition) is 3. The fourth-order valence-corrected chi connectivity index (χ4v) is 4.50. The van der Waals surface area contributed by atoms with Gasteiger partial charge in [0.1, 0.15) is 11.5 Å². The summed E-state index contributed by atoms with van der Waals surface area (Å²) in [5.74, 6) is 1.04. The molecule has 5 aromatic carbocycles. The molecule has 1 heterocycles. The fraction of sp³-hybridized carbons (Fsp3) is 0.0333. The Bertz CT molecular complexity index is 1590. The van der Waals surface area contributed by atoms with Crippen LogP contribution in [0.5, 0.6) is 5.75 Å². The lowest BCUT2D eigenvalue weighted by atomic mass is 9.95. The summed E-state index contributed by atoms with van der Waals surface area (Å²) < 4.78 is 11.0. The predicted molar refractivity (Wildman–Crippen MR) is 134 cm³/mol. The molecular formula is C30H20O3. The van der Waals surface area contributed by atoms with E-state index < -0.39 is 0 Å². The van der Waals surface area contributed by atoms with E-state index >= 15 is 0 Å².